The molecule has 0 radical (unpaired) electrons. The number of nitrogens with one attached hydrogen (secondary N) is 1. The fraction of sp³-hybridized carbons (Fsp3) is 0.606. The standard InChI is InChI=1S/C19H27N5OS2.C14H23NO4S/c1-18(2,22-4)13-19(3,16(25)23-11-8-12-24-17(20)21)27-15(26)14-9-6-5-7-10-14;1-3-5-11(16)6-4-8-19-9-7-15-13(17)10-12(20-2)14(15)18/h5-7,9-10H,8,11-13H2,1-3H3,(H,23,25)(H4,20,21,24);12H,3-10H2,1-2H3. The van der Waals surface area contributed by atoms with Crippen molar-refractivity contribution in [3.63, 3.8) is 0 Å². The van der Waals surface area contributed by atoms with Gasteiger partial charge >= 0.3 is 0 Å². The van der Waals surface area contributed by atoms with Gasteiger partial charge in [0.25, 0.3) is 0 Å². The van der Waals surface area contributed by atoms with Crippen molar-refractivity contribution in [2.75, 3.05) is 39.1 Å². The van der Waals surface area contributed by atoms with Crippen LogP contribution in [0.5, 0.6) is 0 Å². The number of rotatable bonds is 19. The van der Waals surface area contributed by atoms with Crippen LogP contribution >= 0.6 is 35.7 Å². The Morgan fingerprint density at radius 1 is 1.15 bits per heavy atom. The van der Waals surface area contributed by atoms with Gasteiger partial charge in [-0.2, -0.15) is 11.8 Å². The van der Waals surface area contributed by atoms with Crippen molar-refractivity contribution in [2.24, 2.45) is 16.5 Å². The summed E-state index contributed by atoms with van der Waals surface area (Å²) >= 11 is 8.30. The van der Waals surface area contributed by atoms with Crippen molar-refractivity contribution >= 4 is 69.4 Å². The van der Waals surface area contributed by atoms with Gasteiger partial charge in [-0.3, -0.25) is 29.1 Å². The molecule has 2 atom stereocenters. The lowest BCUT2D eigenvalue weighted by molar-refractivity contribution is -0.139. The molecule has 1 fully saturated rings. The molecule has 0 aliphatic carbocycles. The van der Waals surface area contributed by atoms with E-state index in [2.05, 4.69) is 15.2 Å². The van der Waals surface area contributed by atoms with Gasteiger partial charge in [0, 0.05) is 59.2 Å². The molecule has 3 amide bonds. The van der Waals surface area contributed by atoms with Crippen LogP contribution in [0, 0.1) is 6.57 Å². The first kappa shape index (κ1) is 42.0. The number of ketones is 1. The minimum Gasteiger partial charge on any atom is -0.380 e. The maximum absolute atomic E-state index is 12.9. The second-order valence-corrected chi connectivity index (χ2v) is 15.0. The molecule has 2 rings (SSSR count). The second-order valence-electron chi connectivity index (χ2n) is 11.8. The third-order valence-corrected chi connectivity index (χ3v) is 9.64. The lowest BCUT2D eigenvalue weighted by Gasteiger charge is -2.30. The maximum atomic E-state index is 12.9. The molecule has 0 bridgehead atoms. The number of carbonyl (C=O) groups is 4. The maximum Gasteiger partial charge on any atom is 0.242 e. The van der Waals surface area contributed by atoms with E-state index in [1.165, 1.54) is 28.4 Å². The van der Waals surface area contributed by atoms with E-state index in [1.54, 1.807) is 0 Å². The van der Waals surface area contributed by atoms with Crippen LogP contribution in [-0.2, 0) is 23.9 Å². The number of hydrogen-bond donors (Lipinski definition) is 3. The molecule has 5 N–H and O–H groups in total. The smallest absolute Gasteiger partial charge is 0.242 e. The van der Waals surface area contributed by atoms with Gasteiger partial charge in [-0.05, 0) is 38.0 Å². The van der Waals surface area contributed by atoms with E-state index in [4.69, 9.17) is 35.0 Å². The molecule has 14 heteroatoms. The zero-order valence-electron chi connectivity index (χ0n) is 28.2. The summed E-state index contributed by atoms with van der Waals surface area (Å²) in [7, 11) is 0. The predicted molar refractivity (Wildman–Crippen MR) is 196 cm³/mol. The van der Waals surface area contributed by atoms with Crippen LogP contribution in [0.2, 0.25) is 0 Å². The number of hydrogen-bond acceptors (Lipinski definition) is 9. The number of imide groups is 1. The largest absolute Gasteiger partial charge is 0.380 e. The molecule has 2 unspecified atom stereocenters. The number of amides is 3. The normalized spacial score (nSPS) is 15.6. The summed E-state index contributed by atoms with van der Waals surface area (Å²) in [6, 6.07) is 9.58. The van der Waals surface area contributed by atoms with Gasteiger partial charge in [0.05, 0.1) is 22.6 Å². The van der Waals surface area contributed by atoms with Crippen LogP contribution in [0.3, 0.4) is 0 Å². The Balaban J connectivity index is 0.000000491. The van der Waals surface area contributed by atoms with E-state index >= 15 is 0 Å². The van der Waals surface area contributed by atoms with Crippen LogP contribution < -0.4 is 16.8 Å². The first-order chi connectivity index (χ1) is 22.2. The number of Topliss-reactive ketones (excluding diaryl/α,β-unsaturated/α-hetero) is 1. The first-order valence-corrected chi connectivity index (χ1v) is 18.2. The predicted octanol–water partition coefficient (Wildman–Crippen LogP) is 4.36. The highest BCUT2D eigenvalue weighted by Crippen LogP contribution is 2.38. The number of aliphatic imine (C=N–C) groups is 1. The van der Waals surface area contributed by atoms with Gasteiger partial charge in [-0.1, -0.05) is 61.2 Å². The Hall–Kier alpha value is -2.99. The highest BCUT2D eigenvalue weighted by molar-refractivity contribution is 8.25. The fourth-order valence-corrected chi connectivity index (χ4v) is 7.23. The van der Waals surface area contributed by atoms with Crippen molar-refractivity contribution in [1.29, 1.82) is 0 Å². The average molecular weight is 707 g/mol. The number of nitrogens with zero attached hydrogens (tertiary/aromatic N) is 3. The third kappa shape index (κ3) is 16.1. The van der Waals surface area contributed by atoms with Gasteiger partial charge < -0.3 is 26.4 Å². The van der Waals surface area contributed by atoms with Gasteiger partial charge in [0.1, 0.15) is 10.5 Å². The number of carbonyl (C=O) groups excluding carboxylic acids is 4. The topological polar surface area (TPSA) is 162 Å². The van der Waals surface area contributed by atoms with E-state index < -0.39 is 10.3 Å². The lowest BCUT2D eigenvalue weighted by Crippen LogP contribution is -2.46. The first-order valence-electron chi connectivity index (χ1n) is 15.7. The van der Waals surface area contributed by atoms with Crippen molar-refractivity contribution in [3.8, 4) is 0 Å². The SMILES string of the molecule is CCCC(=O)CCCOCCN1C(=O)CC(SC)C1=O.[C-]#[N+]C(C)(C)CC(C)(SC(=S)c1ccccc1)C(=O)NCCCN=C(N)N. The Kier molecular flexibility index (Phi) is 19.5. The van der Waals surface area contributed by atoms with E-state index in [9.17, 15) is 19.2 Å². The van der Waals surface area contributed by atoms with E-state index in [-0.39, 0.29) is 34.7 Å². The van der Waals surface area contributed by atoms with E-state index in [0.29, 0.717) is 75.6 Å². The molecule has 260 valence electrons. The molecule has 1 aromatic carbocycles. The lowest BCUT2D eigenvalue weighted by atomic mass is 9.91. The average Bonchev–Trinajstić information content (AvgIpc) is 3.30. The molecule has 1 aliphatic rings. The van der Waals surface area contributed by atoms with Gasteiger partial charge in [0.15, 0.2) is 5.96 Å². The van der Waals surface area contributed by atoms with Gasteiger partial charge in [-0.25, -0.2) is 6.57 Å². The molecule has 1 heterocycles. The van der Waals surface area contributed by atoms with Crippen molar-refractivity contribution in [3.05, 3.63) is 47.3 Å². The minimum absolute atomic E-state index is 0.0359. The van der Waals surface area contributed by atoms with Gasteiger partial charge in [0.2, 0.25) is 23.3 Å². The zero-order chi connectivity index (χ0) is 35.5. The number of thiocarbonyl (C=S) groups is 1. The molecule has 0 saturated carbocycles. The number of nitrogens with two attached hydrogens (primary N) is 2. The van der Waals surface area contributed by atoms with Crippen LogP contribution in [-0.4, -0.2) is 93.2 Å². The molecule has 47 heavy (non-hydrogen) atoms. The van der Waals surface area contributed by atoms with E-state index in [1.807, 2.05) is 64.3 Å². The summed E-state index contributed by atoms with van der Waals surface area (Å²) in [5, 5.41) is 2.70. The summed E-state index contributed by atoms with van der Waals surface area (Å²) in [6.07, 6.45) is 5.90. The second kappa shape index (κ2) is 21.8. The summed E-state index contributed by atoms with van der Waals surface area (Å²) in [5.74, 6) is -0.0648. The highest BCUT2D eigenvalue weighted by Gasteiger charge is 2.43. The van der Waals surface area contributed by atoms with Crippen molar-refractivity contribution in [2.45, 2.75) is 88.2 Å². The Bertz CT molecular complexity index is 1270. The van der Waals surface area contributed by atoms with Crippen molar-refractivity contribution < 1.29 is 23.9 Å². The summed E-state index contributed by atoms with van der Waals surface area (Å²) < 4.78 is 5.15. The Morgan fingerprint density at radius 2 is 1.83 bits per heavy atom. The molecule has 11 nitrogen and oxygen atoms in total. The Labute approximate surface area is 293 Å². The molecular formula is C33H50N6O5S3. The third-order valence-electron chi connectivity index (χ3n) is 7.01. The van der Waals surface area contributed by atoms with Crippen LogP contribution in [0.15, 0.2) is 35.3 Å². The van der Waals surface area contributed by atoms with Gasteiger partial charge in [-0.15, -0.1) is 0 Å². The minimum atomic E-state index is -0.864. The highest BCUT2D eigenvalue weighted by atomic mass is 32.2. The molecule has 1 aliphatic heterocycles. The number of likely N-dealkylation sites (tertiary alicyclic amines) is 1. The van der Waals surface area contributed by atoms with Crippen LogP contribution in [0.4, 0.5) is 0 Å². The summed E-state index contributed by atoms with van der Waals surface area (Å²) in [6.45, 7) is 17.0. The number of thioether (sulfide) groups is 2. The number of ether oxygens (including phenoxy) is 1. The Morgan fingerprint density at radius 3 is 2.40 bits per heavy atom. The van der Waals surface area contributed by atoms with Crippen LogP contribution in [0.25, 0.3) is 4.85 Å². The quantitative estimate of drug-likeness (QED) is 0.0471. The number of guanidine groups is 1. The molecular weight excluding hydrogens is 657 g/mol. The molecule has 1 saturated heterocycles. The summed E-state index contributed by atoms with van der Waals surface area (Å²) in [4.78, 5) is 56.5. The molecule has 0 aromatic heterocycles. The zero-order valence-corrected chi connectivity index (χ0v) is 30.7. The monoisotopic (exact) mass is 706 g/mol. The van der Waals surface area contributed by atoms with E-state index in [0.717, 1.165) is 12.0 Å². The molecule has 0 spiro atoms. The van der Waals surface area contributed by atoms with Crippen LogP contribution in [0.1, 0.15) is 78.2 Å². The number of benzene rings is 1. The summed E-state index contributed by atoms with van der Waals surface area (Å²) in [5.41, 5.74) is 10.8. The molecule has 1 aromatic rings. The fourth-order valence-electron chi connectivity index (χ4n) is 4.65. The van der Waals surface area contributed by atoms with Crippen molar-refractivity contribution in [1.82, 2.24) is 10.2 Å².